The number of carbonyl (C=O) groups excluding carboxylic acids is 2. The van der Waals surface area contributed by atoms with Crippen molar-refractivity contribution in [2.75, 3.05) is 40.9 Å². The van der Waals surface area contributed by atoms with Gasteiger partial charge in [-0.25, -0.2) is 4.57 Å². The van der Waals surface area contributed by atoms with Crippen LogP contribution in [0.5, 0.6) is 0 Å². The van der Waals surface area contributed by atoms with Crippen LogP contribution >= 0.6 is 7.82 Å². The molecule has 0 rings (SSSR count). The van der Waals surface area contributed by atoms with E-state index in [9.17, 15) is 19.0 Å². The number of ether oxygens (including phenoxy) is 1. The molecular formula is C56H104N2O7P+. The Morgan fingerprint density at radius 3 is 1.48 bits per heavy atom. The molecule has 9 nitrogen and oxygen atoms in total. The number of hydrogen-bond donors (Lipinski definition) is 2. The average molecular weight is 948 g/mol. The van der Waals surface area contributed by atoms with Crippen LogP contribution in [0.3, 0.4) is 0 Å². The van der Waals surface area contributed by atoms with Crippen LogP contribution in [-0.2, 0) is 27.9 Å². The molecule has 0 aliphatic carbocycles. The minimum atomic E-state index is -4.45. The Labute approximate surface area is 407 Å². The van der Waals surface area contributed by atoms with Crippen LogP contribution in [0.15, 0.2) is 60.8 Å². The number of nitrogens with one attached hydrogen (secondary N) is 1. The number of likely N-dealkylation sites (N-methyl/N-ethyl adjacent to an activating group) is 1. The molecule has 66 heavy (non-hydrogen) atoms. The molecule has 0 aliphatic rings. The number of hydrogen-bond acceptors (Lipinski definition) is 6. The van der Waals surface area contributed by atoms with E-state index in [2.05, 4.69) is 74.7 Å². The van der Waals surface area contributed by atoms with Crippen molar-refractivity contribution in [1.82, 2.24) is 5.32 Å². The second kappa shape index (κ2) is 46.4. The van der Waals surface area contributed by atoms with E-state index in [1.165, 1.54) is 96.3 Å². The van der Waals surface area contributed by atoms with E-state index < -0.39 is 20.0 Å². The summed E-state index contributed by atoms with van der Waals surface area (Å²) in [6, 6.07) is -0.858. The zero-order chi connectivity index (χ0) is 48.7. The summed E-state index contributed by atoms with van der Waals surface area (Å²) >= 11 is 0. The highest BCUT2D eigenvalue weighted by Crippen LogP contribution is 2.43. The van der Waals surface area contributed by atoms with Crippen LogP contribution in [0.25, 0.3) is 0 Å². The van der Waals surface area contributed by atoms with Crippen molar-refractivity contribution < 1.29 is 37.3 Å². The predicted molar refractivity (Wildman–Crippen MR) is 282 cm³/mol. The Hall–Kier alpha value is -2.29. The first kappa shape index (κ1) is 63.7. The number of rotatable bonds is 48. The minimum absolute atomic E-state index is 0.0342. The van der Waals surface area contributed by atoms with Gasteiger partial charge in [0.25, 0.3) is 0 Å². The molecule has 0 radical (unpaired) electrons. The molecule has 0 saturated heterocycles. The van der Waals surface area contributed by atoms with E-state index in [1.807, 2.05) is 33.3 Å². The highest BCUT2D eigenvalue weighted by atomic mass is 31.2. The van der Waals surface area contributed by atoms with Crippen LogP contribution in [0.2, 0.25) is 0 Å². The summed E-state index contributed by atoms with van der Waals surface area (Å²) in [5, 5.41) is 3.03. The molecule has 0 aromatic rings. The molecule has 0 heterocycles. The molecule has 0 saturated carbocycles. The summed E-state index contributed by atoms with van der Waals surface area (Å²) in [5.41, 5.74) is 0. The van der Waals surface area contributed by atoms with Gasteiger partial charge >= 0.3 is 13.8 Å². The van der Waals surface area contributed by atoms with Crippen molar-refractivity contribution in [3.8, 4) is 0 Å². The summed E-state index contributed by atoms with van der Waals surface area (Å²) in [5.74, 6) is -0.538. The third-order valence-corrected chi connectivity index (χ3v) is 12.7. The summed E-state index contributed by atoms with van der Waals surface area (Å²) < 4.78 is 30.5. The van der Waals surface area contributed by atoms with Crippen molar-refractivity contribution in [1.29, 1.82) is 0 Å². The number of phosphoric acid groups is 1. The molecule has 2 N–H and O–H groups in total. The van der Waals surface area contributed by atoms with Gasteiger partial charge in [0, 0.05) is 12.8 Å². The normalized spacial score (nSPS) is 14.3. The molecule has 1 amide bonds. The van der Waals surface area contributed by atoms with Gasteiger partial charge in [-0.05, 0) is 89.5 Å². The molecular weight excluding hydrogens is 844 g/mol. The molecule has 3 unspecified atom stereocenters. The lowest BCUT2D eigenvalue weighted by Crippen LogP contribution is -2.47. The molecule has 0 aliphatic heterocycles. The van der Waals surface area contributed by atoms with Crippen molar-refractivity contribution in [2.45, 2.75) is 245 Å². The third kappa shape index (κ3) is 46.8. The van der Waals surface area contributed by atoms with Gasteiger partial charge < -0.3 is 19.4 Å². The Kier molecular flexibility index (Phi) is 44.8. The summed E-state index contributed by atoms with van der Waals surface area (Å²) in [6.45, 7) is 6.85. The second-order valence-electron chi connectivity index (χ2n) is 19.4. The number of amides is 1. The number of phosphoric ester groups is 1. The highest BCUT2D eigenvalue weighted by molar-refractivity contribution is 7.47. The Morgan fingerprint density at radius 1 is 0.545 bits per heavy atom. The topological polar surface area (TPSA) is 111 Å². The number of quaternary nitrogens is 1. The summed E-state index contributed by atoms with van der Waals surface area (Å²) in [6.07, 6.45) is 56.4. The van der Waals surface area contributed by atoms with Gasteiger partial charge in [-0.2, -0.15) is 0 Å². The van der Waals surface area contributed by atoms with Gasteiger partial charge in [0.1, 0.15) is 19.3 Å². The maximum Gasteiger partial charge on any atom is 0.472 e. The SMILES string of the molecule is CC/C=C/C/C=C/C/C=C/CCCCCCC(=O)OC(/C=C/CCCCCCCCCCC)C(COP(=O)(O)OCC[N+](C)(C)C)NC(=O)CCCCCCCCC/C=C\CCCCCC. The van der Waals surface area contributed by atoms with Crippen LogP contribution in [-0.4, -0.2) is 74.3 Å². The smallest absolute Gasteiger partial charge is 0.456 e. The highest BCUT2D eigenvalue weighted by Gasteiger charge is 2.30. The Bertz CT molecular complexity index is 1320. The van der Waals surface area contributed by atoms with Gasteiger partial charge in [-0.15, -0.1) is 0 Å². The first-order valence-corrected chi connectivity index (χ1v) is 28.6. The fourth-order valence-electron chi connectivity index (χ4n) is 7.48. The van der Waals surface area contributed by atoms with E-state index in [4.69, 9.17) is 13.8 Å². The van der Waals surface area contributed by atoms with Crippen molar-refractivity contribution in [3.63, 3.8) is 0 Å². The van der Waals surface area contributed by atoms with E-state index in [-0.39, 0.29) is 31.5 Å². The lowest BCUT2D eigenvalue weighted by molar-refractivity contribution is -0.870. The number of allylic oxidation sites excluding steroid dienone is 9. The molecule has 0 bridgehead atoms. The largest absolute Gasteiger partial charge is 0.472 e. The molecule has 10 heteroatoms. The molecule has 0 aromatic heterocycles. The van der Waals surface area contributed by atoms with Gasteiger partial charge in [-0.3, -0.25) is 18.6 Å². The average Bonchev–Trinajstić information content (AvgIpc) is 3.27. The van der Waals surface area contributed by atoms with E-state index in [1.54, 1.807) is 0 Å². The fourth-order valence-corrected chi connectivity index (χ4v) is 8.21. The third-order valence-electron chi connectivity index (χ3n) is 11.7. The van der Waals surface area contributed by atoms with E-state index in [0.717, 1.165) is 96.3 Å². The quantitative estimate of drug-likeness (QED) is 0.0205. The predicted octanol–water partition coefficient (Wildman–Crippen LogP) is 15.9. The second-order valence-corrected chi connectivity index (χ2v) is 20.8. The Morgan fingerprint density at radius 2 is 0.970 bits per heavy atom. The van der Waals surface area contributed by atoms with Crippen LogP contribution in [0, 0.1) is 0 Å². The van der Waals surface area contributed by atoms with Crippen molar-refractivity contribution >= 4 is 19.7 Å². The zero-order valence-corrected chi connectivity index (χ0v) is 44.6. The lowest BCUT2D eigenvalue weighted by atomic mass is 10.1. The number of carbonyl (C=O) groups is 2. The van der Waals surface area contributed by atoms with Crippen LogP contribution < -0.4 is 5.32 Å². The molecule has 0 aromatic carbocycles. The number of unbranched alkanes of at least 4 members (excludes halogenated alkanes) is 24. The maximum absolute atomic E-state index is 13.5. The standard InChI is InChI=1S/C56H103N2O7P/c1-7-10-13-16-19-22-25-27-29-30-33-36-39-42-45-48-55(59)57-53(52-64-66(61,62)63-51-50-58(4,5)6)54(47-44-41-38-35-32-24-21-18-15-12-9-3)65-56(60)49-46-43-40-37-34-31-28-26-23-20-17-14-11-8-2/h11,14,20,22-23,25,28,31,44,47,53-54H,7-10,12-13,15-19,21,24,26-27,29-30,32-43,45-46,48-52H2,1-6H3,(H-,57,59,61,62)/p+1/b14-11+,23-20+,25-22-,31-28+,47-44+. The van der Waals surface area contributed by atoms with Gasteiger partial charge in [0.15, 0.2) is 0 Å². The summed E-state index contributed by atoms with van der Waals surface area (Å²) in [4.78, 5) is 37.4. The number of nitrogens with zero attached hydrogens (tertiary/aromatic N) is 1. The van der Waals surface area contributed by atoms with Gasteiger partial charge in [0.2, 0.25) is 5.91 Å². The molecule has 3 atom stereocenters. The van der Waals surface area contributed by atoms with Gasteiger partial charge in [0.05, 0.1) is 33.8 Å². The van der Waals surface area contributed by atoms with Crippen molar-refractivity contribution in [2.24, 2.45) is 0 Å². The maximum atomic E-state index is 13.5. The van der Waals surface area contributed by atoms with Crippen LogP contribution in [0.4, 0.5) is 0 Å². The number of esters is 1. The van der Waals surface area contributed by atoms with E-state index >= 15 is 0 Å². The first-order valence-electron chi connectivity index (χ1n) is 27.1. The Balaban J connectivity index is 5.41. The molecule has 384 valence electrons. The van der Waals surface area contributed by atoms with E-state index in [0.29, 0.717) is 23.9 Å². The monoisotopic (exact) mass is 948 g/mol. The van der Waals surface area contributed by atoms with Crippen molar-refractivity contribution in [3.05, 3.63) is 60.8 Å². The summed E-state index contributed by atoms with van der Waals surface area (Å²) in [7, 11) is 1.47. The zero-order valence-electron chi connectivity index (χ0n) is 43.7. The van der Waals surface area contributed by atoms with Crippen LogP contribution in [0.1, 0.15) is 233 Å². The molecule has 0 fully saturated rings. The van der Waals surface area contributed by atoms with Gasteiger partial charge in [-0.1, -0.05) is 191 Å². The molecule has 0 spiro atoms. The fraction of sp³-hybridized carbons (Fsp3) is 0.786. The lowest BCUT2D eigenvalue weighted by Gasteiger charge is -2.27. The minimum Gasteiger partial charge on any atom is -0.456 e. The first-order chi connectivity index (χ1) is 31.9.